The number of anilines is 1. The Morgan fingerprint density at radius 1 is 1.12 bits per heavy atom. The molecule has 3 atom stereocenters. The summed E-state index contributed by atoms with van der Waals surface area (Å²) < 4.78 is 17.7. The summed E-state index contributed by atoms with van der Waals surface area (Å²) >= 11 is 1.53. The Labute approximate surface area is 238 Å². The number of hydrogen-bond acceptors (Lipinski definition) is 8. The van der Waals surface area contributed by atoms with Crippen LogP contribution in [0.2, 0.25) is 0 Å². The third kappa shape index (κ3) is 7.39. The Morgan fingerprint density at radius 2 is 1.98 bits per heavy atom. The van der Waals surface area contributed by atoms with E-state index in [9.17, 15) is 14.4 Å². The first-order valence-electron chi connectivity index (χ1n) is 14.0. The predicted octanol–water partition coefficient (Wildman–Crippen LogP) is 2.54. The lowest BCUT2D eigenvalue weighted by Crippen LogP contribution is -2.54. The number of carbonyl (C=O) groups excluding carboxylic acids is 3. The van der Waals surface area contributed by atoms with Crippen molar-refractivity contribution in [1.29, 1.82) is 0 Å². The molecule has 0 radical (unpaired) electrons. The molecule has 11 heteroatoms. The van der Waals surface area contributed by atoms with Gasteiger partial charge in [-0.25, -0.2) is 0 Å². The third-order valence-electron chi connectivity index (χ3n) is 7.70. The van der Waals surface area contributed by atoms with E-state index in [4.69, 9.17) is 14.2 Å². The fraction of sp³-hybridized carbons (Fsp3) is 0.552. The van der Waals surface area contributed by atoms with Crippen LogP contribution in [0, 0.1) is 0 Å². The van der Waals surface area contributed by atoms with Crippen LogP contribution in [0.5, 0.6) is 5.75 Å². The van der Waals surface area contributed by atoms with Gasteiger partial charge in [-0.15, -0.1) is 11.3 Å². The molecule has 216 valence electrons. The van der Waals surface area contributed by atoms with Crippen molar-refractivity contribution in [3.05, 3.63) is 46.2 Å². The van der Waals surface area contributed by atoms with E-state index in [0.717, 1.165) is 50.6 Å². The Balaban J connectivity index is 1.12. The summed E-state index contributed by atoms with van der Waals surface area (Å²) in [6, 6.07) is 8.81. The van der Waals surface area contributed by atoms with Crippen molar-refractivity contribution in [2.24, 2.45) is 0 Å². The van der Waals surface area contributed by atoms with Crippen LogP contribution in [-0.4, -0.2) is 98.8 Å². The van der Waals surface area contributed by atoms with Crippen LogP contribution >= 0.6 is 11.3 Å². The molecule has 3 aliphatic heterocycles. The normalized spacial score (nSPS) is 23.3. The largest absolute Gasteiger partial charge is 0.490 e. The number of likely N-dealkylation sites (N-methyl/N-ethyl adjacent to an activating group) is 1. The van der Waals surface area contributed by atoms with E-state index in [1.165, 1.54) is 11.3 Å². The number of ether oxygens (including phenoxy) is 3. The first kappa shape index (κ1) is 28.5. The molecular weight excluding hydrogens is 532 g/mol. The quantitative estimate of drug-likeness (QED) is 0.446. The van der Waals surface area contributed by atoms with Crippen LogP contribution in [0.25, 0.3) is 0 Å². The lowest BCUT2D eigenvalue weighted by molar-refractivity contribution is -0.134. The predicted molar refractivity (Wildman–Crippen MR) is 152 cm³/mol. The van der Waals surface area contributed by atoms with E-state index in [0.29, 0.717) is 36.4 Å². The molecule has 40 heavy (non-hydrogen) atoms. The number of nitrogens with one attached hydrogen (secondary N) is 2. The van der Waals surface area contributed by atoms with Crippen molar-refractivity contribution in [3.8, 4) is 5.75 Å². The number of nitrogens with zero attached hydrogens (tertiary/aromatic N) is 2. The molecule has 0 unspecified atom stereocenters. The number of morpholine rings is 1. The van der Waals surface area contributed by atoms with E-state index < -0.39 is 0 Å². The van der Waals surface area contributed by atoms with Gasteiger partial charge in [-0.2, -0.15) is 0 Å². The molecule has 2 aromatic rings. The minimum atomic E-state index is -0.333. The maximum atomic E-state index is 13.5. The molecule has 2 N–H and O–H groups in total. The molecule has 0 bridgehead atoms. The SMILES string of the molecule is CN1C(=O)c2cc(NC(=O)Cc3cccs3)ccc2OC[C@@H]2O[C@@H](CC(=O)NCCCN3CCOCC3)CC[C@H]21. The number of carbonyl (C=O) groups is 3. The zero-order chi connectivity index (χ0) is 27.9. The molecule has 5 rings (SSSR count). The summed E-state index contributed by atoms with van der Waals surface area (Å²) in [6.07, 6.45) is 2.34. The highest BCUT2D eigenvalue weighted by molar-refractivity contribution is 7.10. The van der Waals surface area contributed by atoms with Gasteiger partial charge < -0.3 is 29.7 Å². The maximum absolute atomic E-state index is 13.5. The summed E-state index contributed by atoms with van der Waals surface area (Å²) in [5.41, 5.74) is 0.965. The number of hydrogen-bond donors (Lipinski definition) is 2. The van der Waals surface area contributed by atoms with Crippen LogP contribution in [0.3, 0.4) is 0 Å². The molecule has 4 heterocycles. The lowest BCUT2D eigenvalue weighted by atomic mass is 9.94. The Bertz CT molecular complexity index is 1170. The average molecular weight is 571 g/mol. The van der Waals surface area contributed by atoms with Gasteiger partial charge in [-0.05, 0) is 55.5 Å². The Kier molecular flexibility index (Phi) is 9.69. The fourth-order valence-electron chi connectivity index (χ4n) is 5.52. The van der Waals surface area contributed by atoms with Crippen LogP contribution < -0.4 is 15.4 Å². The Morgan fingerprint density at radius 3 is 2.77 bits per heavy atom. The monoisotopic (exact) mass is 570 g/mol. The van der Waals surface area contributed by atoms with Gasteiger partial charge in [-0.3, -0.25) is 19.3 Å². The van der Waals surface area contributed by atoms with Gasteiger partial charge >= 0.3 is 0 Å². The summed E-state index contributed by atoms with van der Waals surface area (Å²) in [4.78, 5) is 43.6. The van der Waals surface area contributed by atoms with E-state index in [1.54, 1.807) is 30.1 Å². The summed E-state index contributed by atoms with van der Waals surface area (Å²) in [6.45, 7) is 5.32. The highest BCUT2D eigenvalue weighted by atomic mass is 32.1. The van der Waals surface area contributed by atoms with Crippen molar-refractivity contribution in [2.45, 2.75) is 50.4 Å². The molecule has 0 saturated carbocycles. The molecule has 3 amide bonds. The number of amides is 3. The van der Waals surface area contributed by atoms with E-state index >= 15 is 0 Å². The number of benzene rings is 1. The summed E-state index contributed by atoms with van der Waals surface area (Å²) in [5, 5.41) is 7.85. The van der Waals surface area contributed by atoms with Crippen molar-refractivity contribution in [2.75, 3.05) is 58.4 Å². The molecule has 3 aliphatic rings. The molecule has 1 aromatic heterocycles. The second kappa shape index (κ2) is 13.6. The van der Waals surface area contributed by atoms with Crippen molar-refractivity contribution in [1.82, 2.24) is 15.1 Å². The van der Waals surface area contributed by atoms with Gasteiger partial charge in [0.2, 0.25) is 11.8 Å². The number of thiophene rings is 1. The topological polar surface area (TPSA) is 109 Å². The van der Waals surface area contributed by atoms with Crippen molar-refractivity contribution in [3.63, 3.8) is 0 Å². The fourth-order valence-corrected chi connectivity index (χ4v) is 6.22. The van der Waals surface area contributed by atoms with Gasteiger partial charge in [0.15, 0.2) is 0 Å². The second-order valence-corrected chi connectivity index (χ2v) is 11.6. The Hall–Kier alpha value is -2.99. The van der Waals surface area contributed by atoms with E-state index in [1.807, 2.05) is 17.5 Å². The molecule has 10 nitrogen and oxygen atoms in total. The zero-order valence-corrected chi connectivity index (χ0v) is 23.8. The van der Waals surface area contributed by atoms with Gasteiger partial charge in [0.05, 0.1) is 43.8 Å². The van der Waals surface area contributed by atoms with E-state index in [-0.39, 0.29) is 49.0 Å². The highest BCUT2D eigenvalue weighted by Crippen LogP contribution is 2.32. The first-order chi connectivity index (χ1) is 19.5. The maximum Gasteiger partial charge on any atom is 0.257 e. The smallest absolute Gasteiger partial charge is 0.257 e. The van der Waals surface area contributed by atoms with Crippen LogP contribution in [-0.2, 0) is 25.5 Å². The van der Waals surface area contributed by atoms with Gasteiger partial charge in [0.25, 0.3) is 5.91 Å². The number of fused-ring (bicyclic) bond motifs is 2. The molecule has 0 aliphatic carbocycles. The van der Waals surface area contributed by atoms with E-state index in [2.05, 4.69) is 15.5 Å². The summed E-state index contributed by atoms with van der Waals surface area (Å²) in [5.74, 6) is 0.123. The zero-order valence-electron chi connectivity index (χ0n) is 22.9. The number of rotatable bonds is 9. The minimum absolute atomic E-state index is 0.0133. The molecule has 2 saturated heterocycles. The van der Waals surface area contributed by atoms with Crippen LogP contribution in [0.15, 0.2) is 35.7 Å². The second-order valence-electron chi connectivity index (χ2n) is 10.5. The molecule has 2 fully saturated rings. The lowest BCUT2D eigenvalue weighted by Gasteiger charge is -2.42. The molecule has 0 spiro atoms. The van der Waals surface area contributed by atoms with Gasteiger partial charge in [-0.1, -0.05) is 6.07 Å². The van der Waals surface area contributed by atoms with Crippen molar-refractivity contribution < 1.29 is 28.6 Å². The highest BCUT2D eigenvalue weighted by Gasteiger charge is 2.39. The third-order valence-corrected chi connectivity index (χ3v) is 8.58. The minimum Gasteiger partial charge on any atom is -0.490 e. The standard InChI is InChI=1S/C29H38N4O6S/c1-32-24-7-6-21(17-27(34)30-9-3-10-33-11-13-37-14-12-33)39-26(24)19-38-25-8-5-20(16-23(25)29(32)36)31-28(35)18-22-4-2-15-40-22/h2,4-5,8,15-16,21,24,26H,3,6-7,9-14,17-19H2,1H3,(H,30,34)(H,31,35)/t21-,24-,26+/m1/s1. The molecule has 1 aromatic carbocycles. The average Bonchev–Trinajstić information content (AvgIpc) is 3.47. The molecular formula is C29H38N4O6S. The van der Waals surface area contributed by atoms with Crippen molar-refractivity contribution >= 4 is 34.7 Å². The first-order valence-corrected chi connectivity index (χ1v) is 14.9. The van der Waals surface area contributed by atoms with Crippen LogP contribution in [0.1, 0.15) is 40.9 Å². The van der Waals surface area contributed by atoms with Gasteiger partial charge in [0, 0.05) is 37.2 Å². The van der Waals surface area contributed by atoms with Gasteiger partial charge in [0.1, 0.15) is 18.5 Å². The summed E-state index contributed by atoms with van der Waals surface area (Å²) in [7, 11) is 1.78. The van der Waals surface area contributed by atoms with Crippen LogP contribution in [0.4, 0.5) is 5.69 Å².